The molecular weight excluding hydrogens is 252 g/mol. The molecule has 1 rings (SSSR count). The molecule has 0 radical (unpaired) electrons. The predicted molar refractivity (Wildman–Crippen MR) is 59.0 cm³/mol. The zero-order valence-corrected chi connectivity index (χ0v) is 9.52. The summed E-state index contributed by atoms with van der Waals surface area (Å²) in [5, 5.41) is 12.7. The lowest BCUT2D eigenvalue weighted by atomic mass is 10.5. The van der Waals surface area contributed by atoms with Crippen molar-refractivity contribution in [3.63, 3.8) is 0 Å². The Bertz CT molecular complexity index is 488. The SMILES string of the molecule is CCCSc1nc(ON=O)c([N+](=O)[O-])c(=O)[nH]1. The molecule has 0 atom stereocenters. The van der Waals surface area contributed by atoms with Crippen molar-refractivity contribution < 1.29 is 9.76 Å². The Hall–Kier alpha value is -1.97. The Labute approximate surface area is 98.7 Å². The Morgan fingerprint density at radius 2 is 2.35 bits per heavy atom. The average molecular weight is 260 g/mol. The van der Waals surface area contributed by atoms with Crippen molar-refractivity contribution in [2.45, 2.75) is 18.5 Å². The molecule has 0 bridgehead atoms. The van der Waals surface area contributed by atoms with Crippen LogP contribution in [0.3, 0.4) is 0 Å². The summed E-state index contributed by atoms with van der Waals surface area (Å²) in [6.45, 7) is 1.92. The molecule has 0 saturated heterocycles. The highest BCUT2D eigenvalue weighted by Crippen LogP contribution is 2.23. The standard InChI is InChI=1S/C7H8N4O5S/c1-2-3-17-7-8-5(12)4(11(14)15)6(9-7)16-10-13/h2-3H2,1H3,(H,8,9,12). The summed E-state index contributed by atoms with van der Waals surface area (Å²) in [4.78, 5) is 40.8. The number of thioether (sulfide) groups is 1. The molecule has 10 heteroatoms. The third-order valence-electron chi connectivity index (χ3n) is 1.59. The van der Waals surface area contributed by atoms with Gasteiger partial charge in [-0.3, -0.25) is 24.7 Å². The van der Waals surface area contributed by atoms with Crippen LogP contribution in [0, 0.1) is 15.0 Å². The number of aromatic nitrogens is 2. The van der Waals surface area contributed by atoms with E-state index in [9.17, 15) is 19.8 Å². The molecule has 1 aromatic heterocycles. The van der Waals surface area contributed by atoms with Crippen LogP contribution in [0.2, 0.25) is 0 Å². The summed E-state index contributed by atoms with van der Waals surface area (Å²) in [6, 6.07) is 0. The molecule has 1 N–H and O–H groups in total. The molecule has 9 nitrogen and oxygen atoms in total. The fourth-order valence-corrected chi connectivity index (χ4v) is 1.66. The van der Waals surface area contributed by atoms with Gasteiger partial charge < -0.3 is 0 Å². The first-order valence-corrected chi connectivity index (χ1v) is 5.49. The van der Waals surface area contributed by atoms with Gasteiger partial charge in [-0.15, -0.1) is 4.91 Å². The maximum absolute atomic E-state index is 11.4. The Morgan fingerprint density at radius 3 is 2.88 bits per heavy atom. The minimum Gasteiger partial charge on any atom is -0.295 e. The van der Waals surface area contributed by atoms with E-state index in [-0.39, 0.29) is 5.16 Å². The quantitative estimate of drug-likeness (QED) is 0.268. The average Bonchev–Trinajstić information content (AvgIpc) is 2.25. The lowest BCUT2D eigenvalue weighted by Crippen LogP contribution is -2.15. The van der Waals surface area contributed by atoms with E-state index in [2.05, 4.69) is 14.8 Å². The minimum absolute atomic E-state index is 0.140. The first kappa shape index (κ1) is 13.1. The molecule has 0 aliphatic rings. The van der Waals surface area contributed by atoms with Gasteiger partial charge in [-0.2, -0.15) is 4.98 Å². The van der Waals surface area contributed by atoms with Crippen LogP contribution in [-0.4, -0.2) is 20.6 Å². The van der Waals surface area contributed by atoms with Crippen molar-refractivity contribution in [2.75, 3.05) is 5.75 Å². The van der Waals surface area contributed by atoms with Crippen LogP contribution in [0.25, 0.3) is 0 Å². The van der Waals surface area contributed by atoms with Crippen molar-refractivity contribution >= 4 is 17.4 Å². The Morgan fingerprint density at radius 1 is 1.65 bits per heavy atom. The van der Waals surface area contributed by atoms with Gasteiger partial charge in [0.05, 0.1) is 4.92 Å². The van der Waals surface area contributed by atoms with E-state index in [0.29, 0.717) is 5.75 Å². The molecule has 1 aromatic rings. The molecular formula is C7H8N4O5S. The molecule has 0 amide bonds. The van der Waals surface area contributed by atoms with Crippen LogP contribution in [-0.2, 0) is 0 Å². The van der Waals surface area contributed by atoms with Crippen molar-refractivity contribution in [1.82, 2.24) is 9.97 Å². The van der Waals surface area contributed by atoms with Gasteiger partial charge >= 0.3 is 17.1 Å². The predicted octanol–water partition coefficient (Wildman–Crippen LogP) is 1.24. The summed E-state index contributed by atoms with van der Waals surface area (Å²) in [5.41, 5.74) is -1.92. The maximum Gasteiger partial charge on any atom is 0.398 e. The second-order valence-corrected chi connectivity index (χ2v) is 3.88. The van der Waals surface area contributed by atoms with E-state index in [0.717, 1.165) is 6.42 Å². The first-order chi connectivity index (χ1) is 8.10. The summed E-state index contributed by atoms with van der Waals surface area (Å²) in [6.07, 6.45) is 0.827. The smallest absolute Gasteiger partial charge is 0.295 e. The molecule has 0 unspecified atom stereocenters. The van der Waals surface area contributed by atoms with Gasteiger partial charge in [-0.25, -0.2) is 0 Å². The van der Waals surface area contributed by atoms with Crippen LogP contribution in [0.4, 0.5) is 5.69 Å². The normalized spacial score (nSPS) is 9.94. The lowest BCUT2D eigenvalue weighted by Gasteiger charge is -2.00. The number of hydrogen-bond donors (Lipinski definition) is 1. The van der Waals surface area contributed by atoms with Crippen molar-refractivity contribution in [3.8, 4) is 5.88 Å². The maximum atomic E-state index is 11.4. The highest BCUT2D eigenvalue weighted by atomic mass is 32.2. The molecule has 17 heavy (non-hydrogen) atoms. The summed E-state index contributed by atoms with van der Waals surface area (Å²) < 4.78 is 0. The van der Waals surface area contributed by atoms with Crippen LogP contribution in [0.1, 0.15) is 13.3 Å². The van der Waals surface area contributed by atoms with Gasteiger partial charge in [-0.05, 0) is 6.42 Å². The van der Waals surface area contributed by atoms with E-state index >= 15 is 0 Å². The molecule has 0 spiro atoms. The second kappa shape index (κ2) is 5.94. The van der Waals surface area contributed by atoms with E-state index in [1.54, 1.807) is 0 Å². The van der Waals surface area contributed by atoms with Gasteiger partial charge in [0.25, 0.3) is 0 Å². The van der Waals surface area contributed by atoms with Gasteiger partial charge in [0.15, 0.2) is 10.5 Å². The number of aromatic amines is 1. The summed E-state index contributed by atoms with van der Waals surface area (Å²) in [7, 11) is 0. The molecule has 1 heterocycles. The summed E-state index contributed by atoms with van der Waals surface area (Å²) >= 11 is 1.18. The molecule has 0 aliphatic heterocycles. The van der Waals surface area contributed by atoms with Crippen LogP contribution in [0.15, 0.2) is 15.3 Å². The minimum atomic E-state index is -0.986. The van der Waals surface area contributed by atoms with Crippen molar-refractivity contribution in [2.24, 2.45) is 5.34 Å². The number of H-pyrrole nitrogens is 1. The highest BCUT2D eigenvalue weighted by molar-refractivity contribution is 7.99. The summed E-state index contributed by atoms with van der Waals surface area (Å²) in [5.74, 6) is -0.0401. The Balaban J connectivity index is 3.20. The van der Waals surface area contributed by atoms with Crippen molar-refractivity contribution in [1.29, 1.82) is 0 Å². The lowest BCUT2D eigenvalue weighted by molar-refractivity contribution is -0.387. The monoisotopic (exact) mass is 260 g/mol. The topological polar surface area (TPSA) is 128 Å². The van der Waals surface area contributed by atoms with Gasteiger partial charge in [-0.1, -0.05) is 18.7 Å². The van der Waals surface area contributed by atoms with Crippen molar-refractivity contribution in [3.05, 3.63) is 25.4 Å². The fourth-order valence-electron chi connectivity index (χ4n) is 0.954. The molecule has 0 fully saturated rings. The zero-order chi connectivity index (χ0) is 12.8. The largest absolute Gasteiger partial charge is 0.398 e. The third kappa shape index (κ3) is 3.24. The molecule has 0 aliphatic carbocycles. The second-order valence-electron chi connectivity index (χ2n) is 2.80. The van der Waals surface area contributed by atoms with Gasteiger partial charge in [0, 0.05) is 5.75 Å². The Kier molecular flexibility index (Phi) is 4.57. The molecule has 0 saturated carbocycles. The van der Waals surface area contributed by atoms with Gasteiger partial charge in [0.1, 0.15) is 0 Å². The van der Waals surface area contributed by atoms with E-state index < -0.39 is 22.0 Å². The zero-order valence-electron chi connectivity index (χ0n) is 8.71. The van der Waals surface area contributed by atoms with E-state index in [1.807, 2.05) is 12.3 Å². The van der Waals surface area contributed by atoms with Gasteiger partial charge in [0.2, 0.25) is 0 Å². The number of rotatable bonds is 6. The van der Waals surface area contributed by atoms with Crippen LogP contribution < -0.4 is 10.4 Å². The number of nitrogens with one attached hydrogen (secondary N) is 1. The fraction of sp³-hybridized carbons (Fsp3) is 0.429. The highest BCUT2D eigenvalue weighted by Gasteiger charge is 2.25. The number of hydrogen-bond acceptors (Lipinski definition) is 8. The first-order valence-electron chi connectivity index (χ1n) is 4.51. The van der Waals surface area contributed by atoms with E-state index in [4.69, 9.17) is 0 Å². The molecule has 92 valence electrons. The molecule has 0 aromatic carbocycles. The van der Waals surface area contributed by atoms with E-state index in [1.165, 1.54) is 11.8 Å². The van der Waals surface area contributed by atoms with Crippen LogP contribution in [0.5, 0.6) is 5.88 Å². The van der Waals surface area contributed by atoms with Crippen LogP contribution >= 0.6 is 11.8 Å². The number of nitrogens with zero attached hydrogens (tertiary/aromatic N) is 3. The third-order valence-corrected chi connectivity index (χ3v) is 2.67. The number of nitro groups is 1.